The Labute approximate surface area is 279 Å². The van der Waals surface area contributed by atoms with E-state index in [1.807, 2.05) is 0 Å². The molecule has 0 aromatic carbocycles. The largest absolute Gasteiger partial charge is 1.00 e. The van der Waals surface area contributed by atoms with E-state index in [1.54, 1.807) is 0 Å². The summed E-state index contributed by atoms with van der Waals surface area (Å²) in [4.78, 5) is 24.7. The third-order valence-corrected chi connectivity index (χ3v) is 10.9. The number of hydrogen-bond acceptors (Lipinski definition) is 4. The van der Waals surface area contributed by atoms with E-state index in [0.29, 0.717) is 50.0 Å². The highest BCUT2D eigenvalue weighted by Gasteiger charge is 2.45. The number of halogens is 2. The van der Waals surface area contributed by atoms with Crippen LogP contribution in [0.25, 0.3) is 0 Å². The molecule has 6 nitrogen and oxygen atoms in total. The van der Waals surface area contributed by atoms with Gasteiger partial charge in [-0.15, -0.1) is 0 Å². The predicted octanol–water partition coefficient (Wildman–Crippen LogP) is 0.0198. The fourth-order valence-electron chi connectivity index (χ4n) is 8.65. The molecule has 0 aliphatic carbocycles. The van der Waals surface area contributed by atoms with Gasteiger partial charge in [0.1, 0.15) is 0 Å². The summed E-state index contributed by atoms with van der Waals surface area (Å²) in [5, 5.41) is 0. The Bertz CT molecular complexity index is 701. The molecule has 0 bridgehead atoms. The van der Waals surface area contributed by atoms with Crippen LogP contribution in [0.4, 0.5) is 0 Å². The minimum Gasteiger partial charge on any atom is -1.00 e. The Kier molecular flexibility index (Phi) is 16.6. The van der Waals surface area contributed by atoms with Crippen molar-refractivity contribution in [3.8, 4) is 0 Å². The molecular weight excluding hydrogens is 730 g/mol. The number of quaternary nitrogens is 2. The third kappa shape index (κ3) is 10.5. The van der Waals surface area contributed by atoms with Crippen molar-refractivity contribution in [2.75, 3.05) is 53.5 Å². The monoisotopic (exact) mass is 788 g/mol. The lowest BCUT2D eigenvalue weighted by Crippen LogP contribution is -3.00. The van der Waals surface area contributed by atoms with Crippen LogP contribution in [-0.4, -0.2) is 86.5 Å². The van der Waals surface area contributed by atoms with Crippen LogP contribution < -0.4 is 48.0 Å². The lowest BCUT2D eigenvalue weighted by Gasteiger charge is -2.51. The van der Waals surface area contributed by atoms with Gasteiger partial charge < -0.3 is 66.4 Å². The van der Waals surface area contributed by atoms with Crippen LogP contribution in [0.5, 0.6) is 0 Å². The van der Waals surface area contributed by atoms with Crippen molar-refractivity contribution in [1.29, 1.82) is 0 Å². The Morgan fingerprint density at radius 1 is 0.550 bits per heavy atom. The van der Waals surface area contributed by atoms with E-state index in [2.05, 4.69) is 14.1 Å². The maximum Gasteiger partial charge on any atom is 0.305 e. The predicted molar refractivity (Wildman–Crippen MR) is 151 cm³/mol. The minimum atomic E-state index is -0.00589. The quantitative estimate of drug-likeness (QED) is 0.115. The summed E-state index contributed by atoms with van der Waals surface area (Å²) in [6.07, 6.45) is 20.3. The molecule has 6 atom stereocenters. The zero-order chi connectivity index (χ0) is 26.8. The maximum absolute atomic E-state index is 12.3. The first-order valence-corrected chi connectivity index (χ1v) is 16.4. The molecule has 4 rings (SSSR count). The van der Waals surface area contributed by atoms with Gasteiger partial charge in [-0.05, 0) is 64.2 Å². The summed E-state index contributed by atoms with van der Waals surface area (Å²) < 4.78 is 13.9. The number of nitrogens with zero attached hydrogens (tertiary/aromatic N) is 2. The molecule has 234 valence electrons. The van der Waals surface area contributed by atoms with E-state index in [4.69, 9.17) is 9.47 Å². The highest BCUT2D eigenvalue weighted by atomic mass is 127. The summed E-state index contributed by atoms with van der Waals surface area (Å²) in [5.41, 5.74) is 0. The van der Waals surface area contributed by atoms with Crippen molar-refractivity contribution in [2.45, 2.75) is 128 Å². The highest BCUT2D eigenvalue weighted by Crippen LogP contribution is 2.37. The number of carbonyl (C=O) groups excluding carboxylic acids is 2. The van der Waals surface area contributed by atoms with E-state index in [-0.39, 0.29) is 59.9 Å². The zero-order valence-corrected chi connectivity index (χ0v) is 29.9. The molecule has 0 aromatic rings. The van der Waals surface area contributed by atoms with Crippen molar-refractivity contribution >= 4 is 11.9 Å². The van der Waals surface area contributed by atoms with Crippen LogP contribution >= 0.6 is 0 Å². The SMILES string of the molecule is C[N+]12CCCCC1C(COC(=O)CCCCCCCCC(=O)OCC1CCC[N+]3(C)CCCCC13)CCC2.[I-].[I-]. The van der Waals surface area contributed by atoms with E-state index in [9.17, 15) is 9.59 Å². The molecule has 6 unspecified atom stereocenters. The molecule has 0 radical (unpaired) electrons. The number of esters is 2. The van der Waals surface area contributed by atoms with E-state index >= 15 is 0 Å². The van der Waals surface area contributed by atoms with Crippen LogP contribution in [0.3, 0.4) is 0 Å². The second kappa shape index (κ2) is 18.2. The Hall–Kier alpha value is 0.320. The minimum absolute atomic E-state index is 0. The molecule has 8 heteroatoms. The van der Waals surface area contributed by atoms with Gasteiger partial charge in [0, 0.05) is 37.5 Å². The van der Waals surface area contributed by atoms with Gasteiger partial charge in [0.2, 0.25) is 0 Å². The van der Waals surface area contributed by atoms with Crippen LogP contribution in [0.2, 0.25) is 0 Å². The van der Waals surface area contributed by atoms with Gasteiger partial charge >= 0.3 is 11.9 Å². The lowest BCUT2D eigenvalue weighted by molar-refractivity contribution is -0.947. The molecule has 4 heterocycles. The van der Waals surface area contributed by atoms with Crippen molar-refractivity contribution in [2.24, 2.45) is 11.8 Å². The fourth-order valence-corrected chi connectivity index (χ4v) is 8.65. The van der Waals surface area contributed by atoms with Gasteiger partial charge in [-0.2, -0.15) is 0 Å². The van der Waals surface area contributed by atoms with Crippen molar-refractivity contribution in [3.63, 3.8) is 0 Å². The number of unbranched alkanes of at least 4 members (excludes halogenated alkanes) is 5. The summed E-state index contributed by atoms with van der Waals surface area (Å²) in [5.74, 6) is 1.10. The average Bonchev–Trinajstić information content (AvgIpc) is 2.91. The molecule has 4 aliphatic heterocycles. The molecular formula is C32H58I2N2O4. The summed E-state index contributed by atoms with van der Waals surface area (Å²) in [6, 6.07) is 1.39. The zero-order valence-electron chi connectivity index (χ0n) is 25.6. The van der Waals surface area contributed by atoms with E-state index in [0.717, 1.165) is 38.5 Å². The van der Waals surface area contributed by atoms with Crippen LogP contribution in [0.1, 0.15) is 116 Å². The maximum atomic E-state index is 12.3. The first-order valence-electron chi connectivity index (χ1n) is 16.4. The molecule has 0 N–H and O–H groups in total. The molecule has 0 saturated carbocycles. The lowest BCUT2D eigenvalue weighted by atomic mass is 9.82. The number of hydrogen-bond donors (Lipinski definition) is 0. The van der Waals surface area contributed by atoms with Crippen LogP contribution in [0, 0.1) is 11.8 Å². The second-order valence-electron chi connectivity index (χ2n) is 13.8. The molecule has 40 heavy (non-hydrogen) atoms. The normalized spacial score (nSPS) is 33.4. The van der Waals surface area contributed by atoms with Crippen LogP contribution in [0.15, 0.2) is 0 Å². The van der Waals surface area contributed by atoms with Crippen molar-refractivity contribution in [3.05, 3.63) is 0 Å². The highest BCUT2D eigenvalue weighted by molar-refractivity contribution is 5.69. The molecule has 4 saturated heterocycles. The Morgan fingerprint density at radius 3 is 1.35 bits per heavy atom. The summed E-state index contributed by atoms with van der Waals surface area (Å²) in [7, 11) is 4.84. The fraction of sp³-hybridized carbons (Fsp3) is 0.938. The Morgan fingerprint density at radius 2 is 0.925 bits per heavy atom. The van der Waals surface area contributed by atoms with Gasteiger partial charge in [-0.25, -0.2) is 0 Å². The van der Waals surface area contributed by atoms with Crippen molar-refractivity contribution < 1.29 is 76.0 Å². The first kappa shape index (κ1) is 36.5. The number of carbonyl (C=O) groups is 2. The number of rotatable bonds is 13. The Balaban J connectivity index is 0.00000280. The van der Waals surface area contributed by atoms with E-state index < -0.39 is 0 Å². The summed E-state index contributed by atoms with van der Waals surface area (Å²) >= 11 is 0. The van der Waals surface area contributed by atoms with Gasteiger partial charge in [-0.1, -0.05) is 25.7 Å². The molecule has 4 aliphatic rings. The van der Waals surface area contributed by atoms with E-state index in [1.165, 1.54) is 99.4 Å². The smallest absolute Gasteiger partial charge is 0.305 e. The average molecular weight is 789 g/mol. The molecule has 0 aromatic heterocycles. The van der Waals surface area contributed by atoms with Gasteiger partial charge in [0.25, 0.3) is 0 Å². The van der Waals surface area contributed by atoms with Crippen LogP contribution in [-0.2, 0) is 19.1 Å². The number of ether oxygens (including phenoxy) is 2. The first-order chi connectivity index (χ1) is 18.4. The molecule has 0 spiro atoms. The number of piperidine rings is 4. The molecule has 0 amide bonds. The standard InChI is InChI=1S/C32H58N2O4.2HI/c1-33-21-11-9-17-29(33)27(15-13-23-33)25-37-31(35)19-7-5-3-4-6-8-20-32(36)38-26-28-16-14-24-34(2)22-12-10-18-30(28)34;;/h27-30H,3-26H2,1-2H3;2*1H/q+2;;/p-2. The second-order valence-corrected chi connectivity index (χ2v) is 13.8. The third-order valence-electron chi connectivity index (χ3n) is 10.9. The molecule has 4 fully saturated rings. The van der Waals surface area contributed by atoms with Gasteiger partial charge in [0.15, 0.2) is 0 Å². The van der Waals surface area contributed by atoms with Gasteiger partial charge in [-0.3, -0.25) is 9.59 Å². The topological polar surface area (TPSA) is 52.6 Å². The number of fused-ring (bicyclic) bond motifs is 2. The summed E-state index contributed by atoms with van der Waals surface area (Å²) in [6.45, 7) is 6.47. The van der Waals surface area contributed by atoms with Crippen molar-refractivity contribution in [1.82, 2.24) is 0 Å². The van der Waals surface area contributed by atoms with Gasteiger partial charge in [0.05, 0.1) is 65.6 Å².